The molecule has 1 amide bonds. The molecule has 0 aliphatic carbocycles. The average molecular weight is 307 g/mol. The number of para-hydroxylation sites is 1. The Morgan fingerprint density at radius 2 is 1.94 bits per heavy atom. The summed E-state index contributed by atoms with van der Waals surface area (Å²) in [7, 11) is 0. The summed E-state index contributed by atoms with van der Waals surface area (Å²) in [5, 5.41) is 3.56. The Bertz CT molecular complexity index is 412. The summed E-state index contributed by atoms with van der Waals surface area (Å²) >= 11 is 13.4. The van der Waals surface area contributed by atoms with E-state index in [4.69, 9.17) is 28.9 Å². The highest BCUT2D eigenvalue weighted by Gasteiger charge is 2.13. The molecule has 6 heteroatoms. The Labute approximate surface area is 121 Å². The van der Waals surface area contributed by atoms with Crippen molar-refractivity contribution in [2.45, 2.75) is 19.4 Å². The zero-order chi connectivity index (χ0) is 13.8. The fourth-order valence-corrected chi connectivity index (χ4v) is 2.58. The molecule has 0 heterocycles. The topological polar surface area (TPSA) is 55.1 Å². The van der Waals surface area contributed by atoms with Crippen LogP contribution in [0.1, 0.15) is 13.8 Å². The van der Waals surface area contributed by atoms with Crippen LogP contribution >= 0.6 is 35.0 Å². The Kier molecular flexibility index (Phi) is 5.79. The van der Waals surface area contributed by atoms with Gasteiger partial charge >= 0.3 is 0 Å². The number of halogens is 2. The zero-order valence-corrected chi connectivity index (χ0v) is 12.6. The lowest BCUT2D eigenvalue weighted by molar-refractivity contribution is -0.113. The molecule has 0 aliphatic rings. The van der Waals surface area contributed by atoms with Gasteiger partial charge in [0.25, 0.3) is 0 Å². The number of benzene rings is 1. The monoisotopic (exact) mass is 306 g/mol. The van der Waals surface area contributed by atoms with Crippen LogP contribution in [-0.2, 0) is 4.79 Å². The minimum atomic E-state index is -0.285. The predicted molar refractivity (Wildman–Crippen MR) is 80.7 cm³/mol. The molecule has 1 aromatic carbocycles. The van der Waals surface area contributed by atoms with Crippen molar-refractivity contribution in [3.8, 4) is 0 Å². The van der Waals surface area contributed by atoms with E-state index in [-0.39, 0.29) is 11.4 Å². The Morgan fingerprint density at radius 3 is 2.44 bits per heavy atom. The van der Waals surface area contributed by atoms with Gasteiger partial charge in [0.15, 0.2) is 0 Å². The van der Waals surface area contributed by atoms with Crippen LogP contribution in [0.25, 0.3) is 0 Å². The van der Waals surface area contributed by atoms with E-state index >= 15 is 0 Å². The highest BCUT2D eigenvalue weighted by molar-refractivity contribution is 8.00. The number of nitrogens with two attached hydrogens (primary N) is 1. The lowest BCUT2D eigenvalue weighted by Crippen LogP contribution is -2.35. The van der Waals surface area contributed by atoms with Crippen molar-refractivity contribution in [2.75, 3.05) is 16.8 Å². The number of nitrogens with one attached hydrogen (secondary N) is 1. The highest BCUT2D eigenvalue weighted by Crippen LogP contribution is 2.29. The third-order valence-electron chi connectivity index (χ3n) is 1.93. The maximum absolute atomic E-state index is 11.7. The van der Waals surface area contributed by atoms with Crippen LogP contribution in [0.5, 0.6) is 0 Å². The maximum atomic E-state index is 11.7. The van der Waals surface area contributed by atoms with E-state index in [1.807, 2.05) is 13.8 Å². The molecule has 1 aromatic rings. The van der Waals surface area contributed by atoms with Crippen molar-refractivity contribution in [1.29, 1.82) is 0 Å². The molecule has 1 rings (SSSR count). The summed E-state index contributed by atoms with van der Waals surface area (Å²) in [5.41, 5.74) is 6.00. The second-order valence-corrected chi connectivity index (χ2v) is 6.43. The minimum Gasteiger partial charge on any atom is -0.325 e. The number of carbonyl (C=O) groups is 1. The van der Waals surface area contributed by atoms with Crippen molar-refractivity contribution in [3.63, 3.8) is 0 Å². The van der Waals surface area contributed by atoms with Crippen molar-refractivity contribution in [1.82, 2.24) is 0 Å². The van der Waals surface area contributed by atoms with Crippen LogP contribution in [0.3, 0.4) is 0 Å². The van der Waals surface area contributed by atoms with Crippen molar-refractivity contribution >= 4 is 46.6 Å². The first-order chi connectivity index (χ1) is 8.29. The van der Waals surface area contributed by atoms with Crippen molar-refractivity contribution in [3.05, 3.63) is 28.2 Å². The SMILES string of the molecule is CC(C)(N)CSCC(=O)Nc1c(Cl)cccc1Cl. The largest absolute Gasteiger partial charge is 0.325 e. The summed E-state index contributed by atoms with van der Waals surface area (Å²) < 4.78 is 0. The number of hydrogen-bond acceptors (Lipinski definition) is 3. The van der Waals surface area contributed by atoms with Gasteiger partial charge in [-0.3, -0.25) is 4.79 Å². The predicted octanol–water partition coefficient (Wildman–Crippen LogP) is 3.40. The van der Waals surface area contributed by atoms with Gasteiger partial charge in [0.2, 0.25) is 5.91 Å². The second-order valence-electron chi connectivity index (χ2n) is 4.63. The molecule has 0 aromatic heterocycles. The number of amides is 1. The normalized spacial score (nSPS) is 11.4. The summed E-state index contributed by atoms with van der Waals surface area (Å²) in [6, 6.07) is 5.09. The minimum absolute atomic E-state index is 0.140. The number of anilines is 1. The molecule has 0 bridgehead atoms. The quantitative estimate of drug-likeness (QED) is 0.876. The van der Waals surface area contributed by atoms with Gasteiger partial charge in [-0.05, 0) is 26.0 Å². The first kappa shape index (κ1) is 15.6. The van der Waals surface area contributed by atoms with Crippen LogP contribution in [0, 0.1) is 0 Å². The van der Waals surface area contributed by atoms with Crippen LogP contribution in [-0.4, -0.2) is 23.0 Å². The molecule has 3 nitrogen and oxygen atoms in total. The first-order valence-electron chi connectivity index (χ1n) is 5.40. The molecule has 3 N–H and O–H groups in total. The van der Waals surface area contributed by atoms with E-state index in [1.54, 1.807) is 18.2 Å². The van der Waals surface area contributed by atoms with Gasteiger partial charge in [-0.25, -0.2) is 0 Å². The van der Waals surface area contributed by atoms with E-state index in [2.05, 4.69) is 5.32 Å². The van der Waals surface area contributed by atoms with Crippen LogP contribution in [0.2, 0.25) is 10.0 Å². The van der Waals surface area contributed by atoms with Crippen LogP contribution in [0.4, 0.5) is 5.69 Å². The molecule has 0 aliphatic heterocycles. The number of rotatable bonds is 5. The summed E-state index contributed by atoms with van der Waals surface area (Å²) in [6.07, 6.45) is 0. The van der Waals surface area contributed by atoms with Crippen LogP contribution < -0.4 is 11.1 Å². The number of carbonyl (C=O) groups excluding carboxylic acids is 1. The van der Waals surface area contributed by atoms with Gasteiger partial charge in [0.05, 0.1) is 21.5 Å². The van der Waals surface area contributed by atoms with Gasteiger partial charge in [-0.1, -0.05) is 29.3 Å². The average Bonchev–Trinajstić information content (AvgIpc) is 2.22. The molecule has 0 spiro atoms. The first-order valence-corrected chi connectivity index (χ1v) is 7.31. The lowest BCUT2D eigenvalue weighted by atomic mass is 10.1. The van der Waals surface area contributed by atoms with Gasteiger partial charge in [0.1, 0.15) is 0 Å². The maximum Gasteiger partial charge on any atom is 0.234 e. The Balaban J connectivity index is 2.50. The molecule has 0 unspecified atom stereocenters. The lowest BCUT2D eigenvalue weighted by Gasteiger charge is -2.17. The fourth-order valence-electron chi connectivity index (χ4n) is 1.20. The zero-order valence-electron chi connectivity index (χ0n) is 10.3. The smallest absolute Gasteiger partial charge is 0.234 e. The van der Waals surface area contributed by atoms with E-state index < -0.39 is 0 Å². The fraction of sp³-hybridized carbons (Fsp3) is 0.417. The Hall–Kier alpha value is -0.420. The van der Waals surface area contributed by atoms with Gasteiger partial charge < -0.3 is 11.1 Å². The molecule has 0 atom stereocenters. The molecule has 18 heavy (non-hydrogen) atoms. The van der Waals surface area contributed by atoms with Gasteiger partial charge in [-0.15, -0.1) is 0 Å². The summed E-state index contributed by atoms with van der Waals surface area (Å²) in [5.74, 6) is 0.887. The van der Waals surface area contributed by atoms with E-state index in [0.717, 1.165) is 0 Å². The standard InChI is InChI=1S/C12H16Cl2N2OS/c1-12(2,15)7-18-6-10(17)16-11-8(13)4-3-5-9(11)14/h3-5H,6-7,15H2,1-2H3,(H,16,17). The van der Waals surface area contributed by atoms with Gasteiger partial charge in [-0.2, -0.15) is 11.8 Å². The molecule has 100 valence electrons. The molecule has 0 fully saturated rings. The summed E-state index contributed by atoms with van der Waals surface area (Å²) in [4.78, 5) is 11.7. The number of thioether (sulfide) groups is 1. The highest BCUT2D eigenvalue weighted by atomic mass is 35.5. The van der Waals surface area contributed by atoms with E-state index in [0.29, 0.717) is 27.2 Å². The van der Waals surface area contributed by atoms with Crippen molar-refractivity contribution in [2.24, 2.45) is 5.73 Å². The van der Waals surface area contributed by atoms with E-state index in [1.165, 1.54) is 11.8 Å². The molecule has 0 radical (unpaired) electrons. The third-order valence-corrected chi connectivity index (χ3v) is 3.98. The van der Waals surface area contributed by atoms with E-state index in [9.17, 15) is 4.79 Å². The molecular formula is C12H16Cl2N2OS. The third kappa shape index (κ3) is 5.48. The molecular weight excluding hydrogens is 291 g/mol. The molecule has 0 saturated heterocycles. The second kappa shape index (κ2) is 6.66. The Morgan fingerprint density at radius 1 is 1.39 bits per heavy atom. The molecule has 0 saturated carbocycles. The summed E-state index contributed by atoms with van der Waals surface area (Å²) in [6.45, 7) is 3.84. The van der Waals surface area contributed by atoms with Crippen molar-refractivity contribution < 1.29 is 4.79 Å². The van der Waals surface area contributed by atoms with Gasteiger partial charge in [0, 0.05) is 11.3 Å². The van der Waals surface area contributed by atoms with Crippen LogP contribution in [0.15, 0.2) is 18.2 Å². The number of hydrogen-bond donors (Lipinski definition) is 2.